The van der Waals surface area contributed by atoms with Crippen molar-refractivity contribution in [1.82, 2.24) is 0 Å². The van der Waals surface area contributed by atoms with Crippen LogP contribution in [0.3, 0.4) is 0 Å². The molecule has 0 aromatic heterocycles. The third-order valence-corrected chi connectivity index (χ3v) is 3.35. The van der Waals surface area contributed by atoms with Crippen molar-refractivity contribution in [3.05, 3.63) is 33.5 Å². The number of hydrogen-bond donors (Lipinski definition) is 0. The summed E-state index contributed by atoms with van der Waals surface area (Å²) < 4.78 is 16.2. The van der Waals surface area contributed by atoms with Crippen LogP contribution in [-0.2, 0) is 4.74 Å². The Kier molecular flexibility index (Phi) is 4.24. The molecule has 0 saturated heterocycles. The van der Waals surface area contributed by atoms with Gasteiger partial charge in [0.25, 0.3) is 0 Å². The van der Waals surface area contributed by atoms with Crippen LogP contribution in [0.4, 0.5) is 0 Å². The van der Waals surface area contributed by atoms with E-state index in [1.807, 2.05) is 0 Å². The number of rotatable bonds is 2. The number of nitriles is 2. The minimum Gasteiger partial charge on any atom is -0.495 e. The Balaban J connectivity index is 2.37. The predicted octanol–water partition coefficient (Wildman–Crippen LogP) is 3.08. The van der Waals surface area contributed by atoms with Gasteiger partial charge in [0.05, 0.1) is 17.2 Å². The van der Waals surface area contributed by atoms with Crippen LogP contribution in [0.15, 0.2) is 23.5 Å². The number of ether oxygens (including phenoxy) is 3. The van der Waals surface area contributed by atoms with E-state index in [4.69, 9.17) is 47.9 Å². The molecule has 0 saturated carbocycles. The Morgan fingerprint density at radius 3 is 2.40 bits per heavy atom. The van der Waals surface area contributed by atoms with E-state index < -0.39 is 6.10 Å². The number of hydrogen-bond acceptors (Lipinski definition) is 5. The van der Waals surface area contributed by atoms with Gasteiger partial charge in [-0.3, -0.25) is 0 Å². The fraction of sp³-hybridized carbons (Fsp3) is 0.231. The van der Waals surface area contributed by atoms with Crippen LogP contribution >= 0.6 is 23.2 Å². The van der Waals surface area contributed by atoms with Crippen molar-refractivity contribution in [1.29, 1.82) is 10.5 Å². The van der Waals surface area contributed by atoms with Crippen LogP contribution in [0.1, 0.15) is 0 Å². The molecule has 1 unspecified atom stereocenters. The van der Waals surface area contributed by atoms with Crippen molar-refractivity contribution in [2.75, 3.05) is 13.7 Å². The Labute approximate surface area is 125 Å². The molecule has 0 N–H and O–H groups in total. The lowest BCUT2D eigenvalue weighted by molar-refractivity contribution is 0.0714. The molecule has 20 heavy (non-hydrogen) atoms. The van der Waals surface area contributed by atoms with Crippen LogP contribution in [-0.4, -0.2) is 19.8 Å². The monoisotopic (exact) mass is 310 g/mol. The van der Waals surface area contributed by atoms with Gasteiger partial charge >= 0.3 is 0 Å². The molecule has 5 nitrogen and oxygen atoms in total. The average molecular weight is 311 g/mol. The average Bonchev–Trinajstić information content (AvgIpc) is 2.45. The number of halogens is 2. The molecule has 0 aliphatic carbocycles. The van der Waals surface area contributed by atoms with Gasteiger partial charge in [0.15, 0.2) is 28.9 Å². The normalized spacial score (nSPS) is 15.8. The number of allylic oxidation sites excluding steroid dienone is 1. The fourth-order valence-corrected chi connectivity index (χ4v) is 2.03. The van der Waals surface area contributed by atoms with Crippen molar-refractivity contribution in [2.24, 2.45) is 0 Å². The molecule has 1 aromatic carbocycles. The molecule has 1 aliphatic rings. The third kappa shape index (κ3) is 2.60. The summed E-state index contributed by atoms with van der Waals surface area (Å²) in [6.07, 6.45) is -0.695. The first-order valence-electron chi connectivity index (χ1n) is 5.47. The van der Waals surface area contributed by atoms with E-state index in [2.05, 4.69) is 0 Å². The second-order valence-corrected chi connectivity index (χ2v) is 4.61. The van der Waals surface area contributed by atoms with Crippen molar-refractivity contribution in [3.8, 4) is 23.6 Å². The number of fused-ring (bicyclic) bond motifs is 1. The van der Waals surface area contributed by atoms with Gasteiger partial charge < -0.3 is 14.2 Å². The Hall–Kier alpha value is -2.08. The molecule has 0 spiro atoms. The lowest BCUT2D eigenvalue weighted by Crippen LogP contribution is -2.32. The molecule has 1 atom stereocenters. The maximum Gasteiger partial charge on any atom is 0.191 e. The van der Waals surface area contributed by atoms with E-state index in [0.717, 1.165) is 0 Å². The summed E-state index contributed by atoms with van der Waals surface area (Å²) in [6.45, 7) is 0.0982. The minimum atomic E-state index is -0.695. The highest BCUT2D eigenvalue weighted by atomic mass is 35.5. The molecular weight excluding hydrogens is 303 g/mol. The summed E-state index contributed by atoms with van der Waals surface area (Å²) >= 11 is 11.8. The molecule has 0 amide bonds. The summed E-state index contributed by atoms with van der Waals surface area (Å²) in [5.41, 5.74) is -0.162. The first-order chi connectivity index (χ1) is 9.60. The lowest BCUT2D eigenvalue weighted by Gasteiger charge is -2.27. The first kappa shape index (κ1) is 14.3. The van der Waals surface area contributed by atoms with Crippen LogP contribution in [0.25, 0.3) is 0 Å². The van der Waals surface area contributed by atoms with Crippen molar-refractivity contribution in [3.63, 3.8) is 0 Å². The molecule has 0 radical (unpaired) electrons. The maximum atomic E-state index is 8.89. The number of nitrogens with zero attached hydrogens (tertiary/aromatic N) is 2. The van der Waals surface area contributed by atoms with Gasteiger partial charge in [-0.25, -0.2) is 0 Å². The molecule has 2 rings (SSSR count). The van der Waals surface area contributed by atoms with Crippen molar-refractivity contribution < 1.29 is 14.2 Å². The second-order valence-electron chi connectivity index (χ2n) is 3.80. The Bertz CT molecular complexity index is 643. The molecule has 0 fully saturated rings. The zero-order chi connectivity index (χ0) is 14.7. The molecule has 7 heteroatoms. The van der Waals surface area contributed by atoms with Crippen molar-refractivity contribution in [2.45, 2.75) is 6.10 Å². The van der Waals surface area contributed by atoms with Gasteiger partial charge in [-0.15, -0.1) is 0 Å². The van der Waals surface area contributed by atoms with Crippen LogP contribution in [0.5, 0.6) is 11.5 Å². The smallest absolute Gasteiger partial charge is 0.191 e. The molecular formula is C13H8Cl2N2O3. The third-order valence-electron chi connectivity index (χ3n) is 2.63. The highest BCUT2D eigenvalue weighted by molar-refractivity contribution is 6.42. The van der Waals surface area contributed by atoms with E-state index in [1.165, 1.54) is 13.2 Å². The van der Waals surface area contributed by atoms with E-state index in [1.54, 1.807) is 18.2 Å². The molecule has 1 aromatic rings. The molecule has 1 heterocycles. The van der Waals surface area contributed by atoms with E-state index in [-0.39, 0.29) is 17.9 Å². The van der Waals surface area contributed by atoms with Gasteiger partial charge in [0, 0.05) is 12.1 Å². The van der Waals surface area contributed by atoms with Crippen molar-refractivity contribution >= 4 is 23.2 Å². The zero-order valence-electron chi connectivity index (χ0n) is 10.3. The summed E-state index contributed by atoms with van der Waals surface area (Å²) in [4.78, 5) is 0. The van der Waals surface area contributed by atoms with Gasteiger partial charge in [0.1, 0.15) is 18.7 Å². The largest absolute Gasteiger partial charge is 0.495 e. The molecule has 0 bridgehead atoms. The van der Waals surface area contributed by atoms with Gasteiger partial charge in [-0.1, -0.05) is 23.2 Å². The highest BCUT2D eigenvalue weighted by Gasteiger charge is 2.29. The minimum absolute atomic E-state index is 0.0982. The quantitative estimate of drug-likeness (QED) is 0.620. The fourth-order valence-electron chi connectivity index (χ4n) is 1.73. The highest BCUT2D eigenvalue weighted by Crippen LogP contribution is 2.39. The Morgan fingerprint density at radius 1 is 1.25 bits per heavy atom. The summed E-state index contributed by atoms with van der Waals surface area (Å²) in [7, 11) is 1.36. The van der Waals surface area contributed by atoms with E-state index >= 15 is 0 Å². The van der Waals surface area contributed by atoms with Gasteiger partial charge in [-0.05, 0) is 0 Å². The topological polar surface area (TPSA) is 75.3 Å². The summed E-state index contributed by atoms with van der Waals surface area (Å²) in [6, 6.07) is 6.56. The van der Waals surface area contributed by atoms with Gasteiger partial charge in [0.2, 0.25) is 0 Å². The van der Waals surface area contributed by atoms with Crippen LogP contribution in [0.2, 0.25) is 10.0 Å². The van der Waals surface area contributed by atoms with Gasteiger partial charge in [-0.2, -0.15) is 10.5 Å². The standard InChI is InChI=1S/C13H8Cl2N2O3/c1-18-13(7(4-16)5-17)12-6-19-10-2-8(14)9(15)3-11(10)20-12/h2-3,12H,6H2,1H3. The Morgan fingerprint density at radius 2 is 1.85 bits per heavy atom. The maximum absolute atomic E-state index is 8.89. The lowest BCUT2D eigenvalue weighted by atomic mass is 10.1. The number of methoxy groups -OCH3 is 1. The van der Waals surface area contributed by atoms with Crippen LogP contribution < -0.4 is 9.47 Å². The summed E-state index contributed by atoms with van der Waals surface area (Å²) in [5.74, 6) is 0.939. The molecule has 1 aliphatic heterocycles. The zero-order valence-corrected chi connectivity index (χ0v) is 11.8. The van der Waals surface area contributed by atoms with E-state index in [9.17, 15) is 0 Å². The second kappa shape index (κ2) is 5.92. The van der Waals surface area contributed by atoms with E-state index in [0.29, 0.717) is 21.5 Å². The number of benzene rings is 1. The summed E-state index contributed by atoms with van der Waals surface area (Å²) in [5, 5.41) is 18.4. The first-order valence-corrected chi connectivity index (χ1v) is 6.23. The predicted molar refractivity (Wildman–Crippen MR) is 71.6 cm³/mol. The van der Waals surface area contributed by atoms with Crippen LogP contribution in [0, 0.1) is 22.7 Å². The molecule has 102 valence electrons. The SMILES string of the molecule is COC(=C(C#N)C#N)C1COc2cc(Cl)c(Cl)cc2O1.